The summed E-state index contributed by atoms with van der Waals surface area (Å²) in [5.74, 6) is 0.0899. The topological polar surface area (TPSA) is 108 Å². The molecule has 2 N–H and O–H groups in total. The van der Waals surface area contributed by atoms with Gasteiger partial charge in [-0.3, -0.25) is 9.59 Å². The van der Waals surface area contributed by atoms with E-state index in [9.17, 15) is 18.0 Å². The lowest BCUT2D eigenvalue weighted by atomic mass is 9.86. The molecule has 1 unspecified atom stereocenters. The highest BCUT2D eigenvalue weighted by molar-refractivity contribution is 7.91. The zero-order chi connectivity index (χ0) is 32.1. The van der Waals surface area contributed by atoms with Crippen molar-refractivity contribution in [2.24, 2.45) is 5.92 Å². The highest BCUT2D eigenvalue weighted by Gasteiger charge is 2.37. The van der Waals surface area contributed by atoms with Gasteiger partial charge in [-0.25, -0.2) is 8.42 Å². The summed E-state index contributed by atoms with van der Waals surface area (Å²) in [6.07, 6.45) is 3.00. The van der Waals surface area contributed by atoms with Gasteiger partial charge in [0.15, 0.2) is 16.4 Å². The monoisotopic (exact) mass is 664 g/mol. The van der Waals surface area contributed by atoms with Gasteiger partial charge in [0.05, 0.1) is 11.4 Å². The van der Waals surface area contributed by atoms with E-state index < -0.39 is 21.1 Å². The van der Waals surface area contributed by atoms with Gasteiger partial charge < -0.3 is 25.2 Å². The summed E-state index contributed by atoms with van der Waals surface area (Å²) >= 11 is 6.41. The second-order valence-electron chi connectivity index (χ2n) is 12.4. The Labute approximate surface area is 276 Å². The third-order valence-corrected chi connectivity index (χ3v) is 11.7. The van der Waals surface area contributed by atoms with Crippen molar-refractivity contribution in [1.82, 2.24) is 15.5 Å². The largest absolute Gasteiger partial charge is 0.482 e. The first kappa shape index (κ1) is 32.5. The van der Waals surface area contributed by atoms with Crippen LogP contribution in [0.5, 0.6) is 5.75 Å². The van der Waals surface area contributed by atoms with E-state index >= 15 is 0 Å². The van der Waals surface area contributed by atoms with E-state index in [1.807, 2.05) is 48.5 Å². The van der Waals surface area contributed by atoms with Crippen molar-refractivity contribution < 1.29 is 22.7 Å². The molecule has 0 aliphatic carbocycles. The third kappa shape index (κ3) is 7.57. The lowest BCUT2D eigenvalue weighted by Crippen LogP contribution is -2.49. The molecule has 0 spiro atoms. The van der Waals surface area contributed by atoms with Crippen LogP contribution in [-0.4, -0.2) is 76.4 Å². The average Bonchev–Trinajstić information content (AvgIpc) is 3.07. The number of ether oxygens (including phenoxy) is 1. The predicted molar refractivity (Wildman–Crippen MR) is 180 cm³/mol. The lowest BCUT2D eigenvalue weighted by molar-refractivity contribution is -0.121. The summed E-state index contributed by atoms with van der Waals surface area (Å²) < 4.78 is 33.2. The Balaban J connectivity index is 1.14. The standard InChI is InChI=1S/C35H41ClN4O5S/c36-28-10-11-29(26-14-18-39(19-15-26)20-21-40-31-8-4-5-9-32(31)45-23-33(40)41)30(22-28)34(42)38-35(27-12-16-37-17-13-27)46(43,44)24-25-6-2-1-3-7-25/h1-11,22,26-27,35,37H,12-21,23-24H2,(H,38,42). The van der Waals surface area contributed by atoms with Crippen molar-refractivity contribution in [3.63, 3.8) is 0 Å². The molecule has 3 heterocycles. The number of amides is 2. The zero-order valence-electron chi connectivity index (χ0n) is 25.9. The van der Waals surface area contributed by atoms with E-state index in [-0.39, 0.29) is 30.1 Å². The minimum atomic E-state index is -3.71. The number of halogens is 1. The van der Waals surface area contributed by atoms with Crippen LogP contribution in [0.2, 0.25) is 5.02 Å². The fourth-order valence-electron chi connectivity index (χ4n) is 6.94. The smallest absolute Gasteiger partial charge is 0.265 e. The van der Waals surface area contributed by atoms with Crippen molar-refractivity contribution in [2.75, 3.05) is 50.8 Å². The maximum Gasteiger partial charge on any atom is 0.265 e. The minimum Gasteiger partial charge on any atom is -0.482 e. The van der Waals surface area contributed by atoms with Gasteiger partial charge in [-0.15, -0.1) is 0 Å². The molecule has 3 aromatic rings. The number of sulfone groups is 1. The molecule has 1 atom stereocenters. The van der Waals surface area contributed by atoms with Gasteiger partial charge in [-0.1, -0.05) is 60.1 Å². The van der Waals surface area contributed by atoms with Gasteiger partial charge in [-0.2, -0.15) is 0 Å². The van der Waals surface area contributed by atoms with Crippen LogP contribution in [0.1, 0.15) is 53.1 Å². The molecule has 0 radical (unpaired) electrons. The molecule has 0 saturated carbocycles. The number of benzene rings is 3. The van der Waals surface area contributed by atoms with Crippen LogP contribution in [0, 0.1) is 5.92 Å². The van der Waals surface area contributed by atoms with E-state index in [0.717, 1.165) is 49.5 Å². The minimum absolute atomic E-state index is 0.0426. The normalized spacial score (nSPS) is 18.9. The number of anilines is 1. The van der Waals surface area contributed by atoms with Crippen molar-refractivity contribution >= 4 is 38.9 Å². The Morgan fingerprint density at radius 3 is 2.43 bits per heavy atom. The van der Waals surface area contributed by atoms with Crippen LogP contribution in [0.25, 0.3) is 0 Å². The molecule has 3 aliphatic heterocycles. The third-order valence-electron chi connectivity index (χ3n) is 9.42. The summed E-state index contributed by atoms with van der Waals surface area (Å²) in [5, 5.41) is 5.72. The number of hydrogen-bond acceptors (Lipinski definition) is 7. The van der Waals surface area contributed by atoms with Crippen LogP contribution < -0.4 is 20.3 Å². The molecule has 11 heteroatoms. The Morgan fingerprint density at radius 1 is 0.957 bits per heavy atom. The number of hydrogen-bond donors (Lipinski definition) is 2. The molecule has 0 aromatic heterocycles. The molecule has 244 valence electrons. The lowest BCUT2D eigenvalue weighted by Gasteiger charge is -2.35. The number of carbonyl (C=O) groups excluding carboxylic acids is 2. The van der Waals surface area contributed by atoms with Crippen LogP contribution >= 0.6 is 11.6 Å². The SMILES string of the molecule is O=C(NC(C1CCNCC1)S(=O)(=O)Cc1ccccc1)c1cc(Cl)ccc1C1CCN(CCN2C(=O)COc3ccccc32)CC1. The van der Waals surface area contributed by atoms with Crippen LogP contribution in [-0.2, 0) is 20.4 Å². The molecule has 2 amide bonds. The zero-order valence-corrected chi connectivity index (χ0v) is 27.4. The summed E-state index contributed by atoms with van der Waals surface area (Å²) in [6.45, 7) is 4.42. The fourth-order valence-corrected chi connectivity index (χ4v) is 9.09. The van der Waals surface area contributed by atoms with Crippen molar-refractivity contribution in [3.8, 4) is 5.75 Å². The van der Waals surface area contributed by atoms with Gasteiger partial charge in [0.25, 0.3) is 11.8 Å². The molecule has 9 nitrogen and oxygen atoms in total. The number of fused-ring (bicyclic) bond motifs is 1. The van der Waals surface area contributed by atoms with Gasteiger partial charge in [0.1, 0.15) is 11.1 Å². The Kier molecular flexibility index (Phi) is 10.3. The molecule has 2 fully saturated rings. The summed E-state index contributed by atoms with van der Waals surface area (Å²) in [6, 6.07) is 22.1. The highest BCUT2D eigenvalue weighted by atomic mass is 35.5. The highest BCUT2D eigenvalue weighted by Crippen LogP contribution is 2.34. The number of rotatable bonds is 10. The number of piperidine rings is 2. The van der Waals surface area contributed by atoms with E-state index in [0.29, 0.717) is 48.6 Å². The molecule has 46 heavy (non-hydrogen) atoms. The number of carbonyl (C=O) groups is 2. The summed E-state index contributed by atoms with van der Waals surface area (Å²) in [4.78, 5) is 30.7. The van der Waals surface area contributed by atoms with E-state index in [2.05, 4.69) is 15.5 Å². The van der Waals surface area contributed by atoms with Gasteiger partial charge >= 0.3 is 0 Å². The Hall–Kier alpha value is -3.44. The molecule has 2 saturated heterocycles. The van der Waals surface area contributed by atoms with Crippen molar-refractivity contribution in [3.05, 3.63) is 94.5 Å². The average molecular weight is 665 g/mol. The Morgan fingerprint density at radius 2 is 1.67 bits per heavy atom. The van der Waals surface area contributed by atoms with E-state index in [4.69, 9.17) is 16.3 Å². The van der Waals surface area contributed by atoms with Crippen LogP contribution in [0.3, 0.4) is 0 Å². The maximum atomic E-state index is 14.0. The van der Waals surface area contributed by atoms with Gasteiger partial charge in [0.2, 0.25) is 0 Å². The molecular weight excluding hydrogens is 624 g/mol. The first-order valence-electron chi connectivity index (χ1n) is 16.1. The predicted octanol–water partition coefficient (Wildman–Crippen LogP) is 4.62. The van der Waals surface area contributed by atoms with Gasteiger partial charge in [-0.05, 0) is 99.1 Å². The Bertz CT molecular complexity index is 1640. The summed E-state index contributed by atoms with van der Waals surface area (Å²) in [7, 11) is -3.71. The second kappa shape index (κ2) is 14.5. The fraction of sp³-hybridized carbons (Fsp3) is 0.429. The van der Waals surface area contributed by atoms with Gasteiger partial charge in [0, 0.05) is 23.7 Å². The van der Waals surface area contributed by atoms with Crippen LogP contribution in [0.4, 0.5) is 5.69 Å². The second-order valence-corrected chi connectivity index (χ2v) is 15.0. The molecular formula is C35H41ClN4O5S. The quantitative estimate of drug-likeness (QED) is 0.326. The number of para-hydroxylation sites is 2. The molecule has 6 rings (SSSR count). The van der Waals surface area contributed by atoms with E-state index in [1.165, 1.54) is 0 Å². The summed E-state index contributed by atoms with van der Waals surface area (Å²) in [5.41, 5.74) is 2.84. The van der Waals surface area contributed by atoms with Crippen molar-refractivity contribution in [1.29, 1.82) is 0 Å². The first-order chi connectivity index (χ1) is 22.3. The first-order valence-corrected chi connectivity index (χ1v) is 18.2. The maximum absolute atomic E-state index is 14.0. The van der Waals surface area contributed by atoms with Crippen LogP contribution in [0.15, 0.2) is 72.8 Å². The number of nitrogens with one attached hydrogen (secondary N) is 2. The van der Waals surface area contributed by atoms with Crippen molar-refractivity contribution in [2.45, 2.75) is 42.7 Å². The number of likely N-dealkylation sites (tertiary alicyclic amines) is 1. The molecule has 0 bridgehead atoms. The van der Waals surface area contributed by atoms with E-state index in [1.54, 1.807) is 29.2 Å². The number of nitrogens with zero attached hydrogens (tertiary/aromatic N) is 2. The molecule has 3 aromatic carbocycles. The molecule has 3 aliphatic rings.